The molecule has 3 nitrogen and oxygen atoms in total. The van der Waals surface area contributed by atoms with Gasteiger partial charge in [-0.05, 0) is 38.5 Å². The number of hydrogen-bond donors (Lipinski definition) is 1. The van der Waals surface area contributed by atoms with Crippen LogP contribution in [0.3, 0.4) is 0 Å². The van der Waals surface area contributed by atoms with Gasteiger partial charge in [0.2, 0.25) is 0 Å². The van der Waals surface area contributed by atoms with Gasteiger partial charge in [-0.15, -0.1) is 0 Å². The van der Waals surface area contributed by atoms with Crippen LogP contribution in [0.5, 0.6) is 0 Å². The van der Waals surface area contributed by atoms with Crippen LogP contribution in [0.2, 0.25) is 0 Å². The first-order chi connectivity index (χ1) is 8.34. The summed E-state index contributed by atoms with van der Waals surface area (Å²) in [5.41, 5.74) is 1.15. The number of allylic oxidation sites excluding steroid dienone is 2. The van der Waals surface area contributed by atoms with Crippen LogP contribution in [0, 0.1) is 5.41 Å². The van der Waals surface area contributed by atoms with Crippen molar-refractivity contribution in [3.63, 3.8) is 0 Å². The smallest absolute Gasteiger partial charge is 0.120 e. The number of ether oxygens (including phenoxy) is 2. The van der Waals surface area contributed by atoms with Crippen LogP contribution in [0.15, 0.2) is 11.6 Å². The standard InChI is InChI=1S/C15H24O3/c1-9-5-6-10-15(4,18-10)12(16)11-13(17-11)14(2,3)8-7-9/h7,10-13,16H,5-6,8H2,1-4H3/b9-7-/t10-,11-,12?,13-,15-/m1/s1. The fourth-order valence-electron chi connectivity index (χ4n) is 3.21. The van der Waals surface area contributed by atoms with Gasteiger partial charge in [-0.3, -0.25) is 0 Å². The molecule has 3 rings (SSSR count). The monoisotopic (exact) mass is 252 g/mol. The average Bonchev–Trinajstić information content (AvgIpc) is 3.17. The predicted octanol–water partition coefficient (Wildman–Crippen LogP) is 2.43. The molecule has 0 bridgehead atoms. The van der Waals surface area contributed by atoms with E-state index in [1.807, 2.05) is 6.92 Å². The molecule has 2 fully saturated rings. The molecule has 0 spiro atoms. The highest BCUT2D eigenvalue weighted by Crippen LogP contribution is 2.51. The van der Waals surface area contributed by atoms with E-state index >= 15 is 0 Å². The highest BCUT2D eigenvalue weighted by molar-refractivity contribution is 5.16. The second-order valence-corrected chi connectivity index (χ2v) is 7.04. The molecule has 0 radical (unpaired) electrons. The van der Waals surface area contributed by atoms with Crippen LogP contribution >= 0.6 is 0 Å². The molecule has 0 saturated carbocycles. The lowest BCUT2D eigenvalue weighted by molar-refractivity contribution is 0.0593. The first-order valence-electron chi connectivity index (χ1n) is 7.01. The second-order valence-electron chi connectivity index (χ2n) is 7.04. The van der Waals surface area contributed by atoms with Crippen molar-refractivity contribution in [1.82, 2.24) is 0 Å². The van der Waals surface area contributed by atoms with E-state index in [1.54, 1.807) is 0 Å². The summed E-state index contributed by atoms with van der Waals surface area (Å²) < 4.78 is 11.5. The number of hydrogen-bond acceptors (Lipinski definition) is 3. The molecule has 3 aliphatic rings. The third kappa shape index (κ3) is 1.93. The maximum Gasteiger partial charge on any atom is 0.120 e. The third-order valence-electron chi connectivity index (χ3n) is 4.95. The summed E-state index contributed by atoms with van der Waals surface area (Å²) in [7, 11) is 0. The van der Waals surface area contributed by atoms with Gasteiger partial charge in [0.05, 0.1) is 12.2 Å². The van der Waals surface area contributed by atoms with Gasteiger partial charge in [-0.25, -0.2) is 0 Å². The van der Waals surface area contributed by atoms with Crippen molar-refractivity contribution in [1.29, 1.82) is 0 Å². The zero-order chi connectivity index (χ0) is 13.1. The SMILES string of the molecule is C/C1=C/CC(C)(C)[C@@H]2O[C@@H]2C(O)[C@]2(C)O[C@@H]2CC1. The Labute approximate surface area is 109 Å². The van der Waals surface area contributed by atoms with Crippen LogP contribution in [-0.4, -0.2) is 35.1 Å². The lowest BCUT2D eigenvalue weighted by atomic mass is 9.81. The van der Waals surface area contributed by atoms with E-state index in [0.29, 0.717) is 0 Å². The molecular formula is C15H24O3. The van der Waals surface area contributed by atoms with Crippen molar-refractivity contribution in [2.45, 2.75) is 77.0 Å². The maximum absolute atomic E-state index is 10.4. The molecule has 5 atom stereocenters. The van der Waals surface area contributed by atoms with Crippen LogP contribution in [0.25, 0.3) is 0 Å². The van der Waals surface area contributed by atoms with Crippen LogP contribution in [0.1, 0.15) is 47.0 Å². The summed E-state index contributed by atoms with van der Waals surface area (Å²) in [6.07, 6.45) is 5.27. The maximum atomic E-state index is 10.4. The van der Waals surface area contributed by atoms with E-state index in [0.717, 1.165) is 19.3 Å². The lowest BCUT2D eigenvalue weighted by Gasteiger charge is -2.22. The molecule has 0 aromatic carbocycles. The molecule has 3 heteroatoms. The minimum Gasteiger partial charge on any atom is -0.387 e. The largest absolute Gasteiger partial charge is 0.387 e. The molecular weight excluding hydrogens is 228 g/mol. The van der Waals surface area contributed by atoms with E-state index in [1.165, 1.54) is 5.57 Å². The van der Waals surface area contributed by atoms with Crippen molar-refractivity contribution < 1.29 is 14.6 Å². The van der Waals surface area contributed by atoms with Gasteiger partial charge in [-0.1, -0.05) is 25.5 Å². The van der Waals surface area contributed by atoms with Gasteiger partial charge in [0.25, 0.3) is 0 Å². The molecule has 0 amide bonds. The van der Waals surface area contributed by atoms with Gasteiger partial charge in [0.1, 0.15) is 17.8 Å². The van der Waals surface area contributed by atoms with E-state index in [2.05, 4.69) is 26.8 Å². The van der Waals surface area contributed by atoms with E-state index in [-0.39, 0.29) is 29.3 Å². The van der Waals surface area contributed by atoms with Gasteiger partial charge in [-0.2, -0.15) is 0 Å². The van der Waals surface area contributed by atoms with Gasteiger partial charge in [0, 0.05) is 0 Å². The zero-order valence-electron chi connectivity index (χ0n) is 11.8. The van der Waals surface area contributed by atoms with E-state index < -0.39 is 6.10 Å². The number of aliphatic hydroxyl groups excluding tert-OH is 1. The highest BCUT2D eigenvalue weighted by atomic mass is 16.6. The van der Waals surface area contributed by atoms with Gasteiger partial charge in [0.15, 0.2) is 0 Å². The Kier molecular flexibility index (Phi) is 2.68. The molecule has 2 aliphatic heterocycles. The molecule has 0 aromatic heterocycles. The molecule has 1 unspecified atom stereocenters. The molecule has 18 heavy (non-hydrogen) atoms. The fourth-order valence-corrected chi connectivity index (χ4v) is 3.21. The summed E-state index contributed by atoms with van der Waals surface area (Å²) in [4.78, 5) is 0. The summed E-state index contributed by atoms with van der Waals surface area (Å²) in [6.45, 7) is 8.65. The van der Waals surface area contributed by atoms with E-state index in [4.69, 9.17) is 9.47 Å². The number of fused-ring (bicyclic) bond motifs is 2. The first-order valence-corrected chi connectivity index (χ1v) is 7.01. The van der Waals surface area contributed by atoms with Crippen LogP contribution < -0.4 is 0 Å². The fraction of sp³-hybridized carbons (Fsp3) is 0.867. The molecule has 0 aromatic rings. The van der Waals surface area contributed by atoms with Crippen molar-refractivity contribution in [3.05, 3.63) is 11.6 Å². The molecule has 2 saturated heterocycles. The highest BCUT2D eigenvalue weighted by Gasteiger charge is 2.65. The Hall–Kier alpha value is -0.380. The van der Waals surface area contributed by atoms with Crippen molar-refractivity contribution >= 4 is 0 Å². The quantitative estimate of drug-likeness (QED) is 0.532. The summed E-state index contributed by atoms with van der Waals surface area (Å²) in [5.74, 6) is 0. The average molecular weight is 252 g/mol. The van der Waals surface area contributed by atoms with Crippen molar-refractivity contribution in [2.75, 3.05) is 0 Å². The van der Waals surface area contributed by atoms with Crippen LogP contribution in [0.4, 0.5) is 0 Å². The summed E-state index contributed by atoms with van der Waals surface area (Å²) in [6, 6.07) is 0. The minimum atomic E-state index is -0.481. The van der Waals surface area contributed by atoms with E-state index in [9.17, 15) is 5.11 Å². The van der Waals surface area contributed by atoms with Gasteiger partial charge < -0.3 is 14.6 Å². The Bertz CT molecular complexity index is 387. The van der Waals surface area contributed by atoms with Crippen molar-refractivity contribution in [3.8, 4) is 0 Å². The van der Waals surface area contributed by atoms with Crippen molar-refractivity contribution in [2.24, 2.45) is 5.41 Å². The zero-order valence-corrected chi connectivity index (χ0v) is 11.8. The number of epoxide rings is 2. The second kappa shape index (κ2) is 3.81. The minimum absolute atomic E-state index is 0.0400. The molecule has 1 N–H and O–H groups in total. The first kappa shape index (κ1) is 12.6. The Morgan fingerprint density at radius 2 is 2.06 bits per heavy atom. The Balaban J connectivity index is 1.83. The number of aliphatic hydroxyl groups is 1. The number of rotatable bonds is 0. The predicted molar refractivity (Wildman–Crippen MR) is 69.3 cm³/mol. The lowest BCUT2D eigenvalue weighted by Crippen LogP contribution is -2.37. The summed E-state index contributed by atoms with van der Waals surface area (Å²) >= 11 is 0. The summed E-state index contributed by atoms with van der Waals surface area (Å²) in [5, 5.41) is 10.4. The normalized spacial score (nSPS) is 53.3. The Morgan fingerprint density at radius 1 is 1.33 bits per heavy atom. The van der Waals surface area contributed by atoms with Crippen LogP contribution in [-0.2, 0) is 9.47 Å². The molecule has 1 aliphatic carbocycles. The van der Waals surface area contributed by atoms with Gasteiger partial charge >= 0.3 is 0 Å². The Morgan fingerprint density at radius 3 is 2.78 bits per heavy atom. The molecule has 102 valence electrons. The third-order valence-corrected chi connectivity index (χ3v) is 4.95. The molecule has 2 heterocycles. The topological polar surface area (TPSA) is 45.3 Å².